The van der Waals surface area contributed by atoms with Gasteiger partial charge in [0.1, 0.15) is 23.0 Å². The van der Waals surface area contributed by atoms with E-state index in [-0.39, 0.29) is 11.1 Å². The topological polar surface area (TPSA) is 60.1 Å². The molecule has 0 amide bonds. The van der Waals surface area contributed by atoms with E-state index in [1.807, 2.05) is 24.3 Å². The van der Waals surface area contributed by atoms with Crippen molar-refractivity contribution in [2.75, 3.05) is 38.8 Å². The van der Waals surface area contributed by atoms with Crippen molar-refractivity contribution < 1.29 is 13.2 Å². The predicted molar refractivity (Wildman–Crippen MR) is 150 cm³/mol. The van der Waals surface area contributed by atoms with Gasteiger partial charge in [-0.1, -0.05) is 18.2 Å². The van der Waals surface area contributed by atoms with Crippen molar-refractivity contribution >= 4 is 27.6 Å². The highest BCUT2D eigenvalue weighted by molar-refractivity contribution is 6.00. The maximum atomic E-state index is 16.3. The molecule has 3 unspecified atom stereocenters. The minimum Gasteiger partial charge on any atom is -0.361 e. The monoisotopic (exact) mass is 536 g/mol. The second kappa shape index (κ2) is 10.8. The number of H-pyrrole nitrogens is 1. The lowest BCUT2D eigenvalue weighted by molar-refractivity contribution is 0.295. The van der Waals surface area contributed by atoms with Gasteiger partial charge in [0.15, 0.2) is 5.82 Å². The number of benzene rings is 2. The molecule has 6 nitrogen and oxygen atoms in total. The second-order valence-corrected chi connectivity index (χ2v) is 11.0. The fourth-order valence-electron chi connectivity index (χ4n) is 6.71. The number of halogens is 3. The molecule has 206 valence electrons. The van der Waals surface area contributed by atoms with Gasteiger partial charge < -0.3 is 20.1 Å². The molecule has 2 N–H and O–H groups in total. The van der Waals surface area contributed by atoms with Gasteiger partial charge in [0.05, 0.1) is 12.7 Å². The molecule has 0 spiro atoms. The molecule has 7 rings (SSSR count). The number of rotatable bonds is 5. The van der Waals surface area contributed by atoms with Gasteiger partial charge in [0, 0.05) is 65.7 Å². The number of aromatic nitrogens is 3. The van der Waals surface area contributed by atoms with Crippen LogP contribution in [0.4, 0.5) is 19.0 Å². The number of hydrogen-bond acceptors (Lipinski definition) is 5. The van der Waals surface area contributed by atoms with Gasteiger partial charge in [-0.05, 0) is 57.8 Å². The minimum absolute atomic E-state index is 0.0311. The van der Waals surface area contributed by atoms with Crippen LogP contribution < -0.4 is 10.2 Å². The third-order valence-electron chi connectivity index (χ3n) is 8.66. The molecule has 2 aromatic carbocycles. The number of fused-ring (bicyclic) bond motifs is 4. The number of nitrogens with one attached hydrogen (secondary N) is 2. The van der Waals surface area contributed by atoms with Gasteiger partial charge in [-0.25, -0.2) is 18.7 Å². The van der Waals surface area contributed by atoms with Crippen LogP contribution in [0.1, 0.15) is 37.9 Å². The normalized spacial score (nSPS) is 23.0. The fourth-order valence-corrected chi connectivity index (χ4v) is 6.71. The number of alkyl halides is 1. The Morgan fingerprint density at radius 2 is 1.77 bits per heavy atom. The Morgan fingerprint density at radius 3 is 2.51 bits per heavy atom. The van der Waals surface area contributed by atoms with Crippen molar-refractivity contribution in [1.82, 2.24) is 25.2 Å². The summed E-state index contributed by atoms with van der Waals surface area (Å²) in [6, 6.07) is 10.3. The van der Waals surface area contributed by atoms with Crippen LogP contribution in [0.25, 0.3) is 32.9 Å². The van der Waals surface area contributed by atoms with Gasteiger partial charge in [0.25, 0.3) is 0 Å². The average Bonchev–Trinajstić information content (AvgIpc) is 3.66. The summed E-state index contributed by atoms with van der Waals surface area (Å²) in [6.45, 7) is 2.70. The Hall–Kier alpha value is -3.17. The summed E-state index contributed by atoms with van der Waals surface area (Å²) in [5, 5.41) is 4.89. The molecule has 2 aromatic heterocycles. The van der Waals surface area contributed by atoms with E-state index in [0.29, 0.717) is 54.3 Å². The molecule has 39 heavy (non-hydrogen) atoms. The van der Waals surface area contributed by atoms with Crippen LogP contribution in [0.2, 0.25) is 0 Å². The third kappa shape index (κ3) is 4.76. The lowest BCUT2D eigenvalue weighted by Gasteiger charge is -2.34. The van der Waals surface area contributed by atoms with Gasteiger partial charge >= 0.3 is 0 Å². The van der Waals surface area contributed by atoms with E-state index in [1.165, 1.54) is 18.9 Å². The van der Waals surface area contributed by atoms with E-state index in [2.05, 4.69) is 27.1 Å². The van der Waals surface area contributed by atoms with Gasteiger partial charge in [-0.3, -0.25) is 4.39 Å². The number of para-hydroxylation sites is 1. The third-order valence-corrected chi connectivity index (χ3v) is 8.66. The Kier molecular flexibility index (Phi) is 7.20. The maximum Gasteiger partial charge on any atom is 0.160 e. The van der Waals surface area contributed by atoms with Gasteiger partial charge in [-0.15, -0.1) is 0 Å². The van der Waals surface area contributed by atoms with Crippen molar-refractivity contribution in [3.8, 4) is 11.1 Å². The van der Waals surface area contributed by atoms with Crippen molar-refractivity contribution in [3.05, 3.63) is 54.0 Å². The lowest BCUT2D eigenvalue weighted by Crippen LogP contribution is -2.51. The summed E-state index contributed by atoms with van der Waals surface area (Å²) in [5.41, 5.74) is 1.54. The molecule has 0 radical (unpaired) electrons. The van der Waals surface area contributed by atoms with E-state index in [0.717, 1.165) is 49.8 Å². The summed E-state index contributed by atoms with van der Waals surface area (Å²) >= 11 is 0. The van der Waals surface area contributed by atoms with Crippen LogP contribution in [0, 0.1) is 11.6 Å². The van der Waals surface area contributed by atoms with Crippen LogP contribution in [0.5, 0.6) is 0 Å². The molecule has 3 atom stereocenters. The molecule has 9 heteroatoms. The van der Waals surface area contributed by atoms with E-state index in [4.69, 9.17) is 9.97 Å². The van der Waals surface area contributed by atoms with E-state index in [1.54, 1.807) is 6.20 Å². The number of aryl methyl sites for hydroxylation is 1. The van der Waals surface area contributed by atoms with E-state index >= 15 is 8.78 Å². The first kappa shape index (κ1) is 26.1. The highest BCUT2D eigenvalue weighted by Crippen LogP contribution is 2.38. The first-order chi connectivity index (χ1) is 19.0. The Bertz CT molecular complexity index is 1470. The lowest BCUT2D eigenvalue weighted by atomic mass is 10.0. The molecular formula is C30H35F3N6. The Morgan fingerprint density at radius 1 is 1.00 bits per heavy atom. The van der Waals surface area contributed by atoms with Crippen LogP contribution in [-0.4, -0.2) is 71.8 Å². The van der Waals surface area contributed by atoms with E-state index in [9.17, 15) is 4.39 Å². The summed E-state index contributed by atoms with van der Waals surface area (Å²) in [7, 11) is 2.66. The van der Waals surface area contributed by atoms with Gasteiger partial charge in [0.2, 0.25) is 0 Å². The largest absolute Gasteiger partial charge is 0.361 e. The van der Waals surface area contributed by atoms with Crippen LogP contribution in [0.3, 0.4) is 0 Å². The highest BCUT2D eigenvalue weighted by Gasteiger charge is 2.34. The molecule has 4 aromatic rings. The van der Waals surface area contributed by atoms with Crippen molar-refractivity contribution in [1.29, 1.82) is 0 Å². The molecule has 5 heterocycles. The number of hydrogen-bond donors (Lipinski definition) is 2. The fraction of sp³-hybridized carbons (Fsp3) is 0.467. The molecule has 3 fully saturated rings. The number of aromatic amines is 1. The summed E-state index contributed by atoms with van der Waals surface area (Å²) < 4.78 is 41.6. The highest BCUT2D eigenvalue weighted by atomic mass is 19.1. The molecule has 3 aliphatic heterocycles. The maximum absolute atomic E-state index is 16.3. The van der Waals surface area contributed by atoms with Crippen LogP contribution in [-0.2, 0) is 6.42 Å². The Labute approximate surface area is 226 Å². The quantitative estimate of drug-likeness (QED) is 0.347. The van der Waals surface area contributed by atoms with Gasteiger partial charge in [-0.2, -0.15) is 0 Å². The summed E-state index contributed by atoms with van der Waals surface area (Å²) in [6.07, 6.45) is 7.92. The smallest absolute Gasteiger partial charge is 0.160 e. The number of anilines is 1. The average molecular weight is 537 g/mol. The van der Waals surface area contributed by atoms with Crippen molar-refractivity contribution in [2.24, 2.45) is 0 Å². The standard InChI is InChI=1S/C29H32F2N6.CH3F/c1-36-12-4-5-19(36)10-11-25-34-28-21(29(35-25)37-15-17-8-9-18(16-37)33-17)13-23(30)26(27(28)31)22-14-32-24-7-3-2-6-20(22)24;1-2/h2-3,6-7,13-14,17-19,32-33H,4-5,8-12,15-16H2,1H3;1H3. The molecule has 2 bridgehead atoms. The zero-order valence-corrected chi connectivity index (χ0v) is 22.5. The zero-order valence-electron chi connectivity index (χ0n) is 22.5. The molecule has 3 aliphatic rings. The first-order valence-corrected chi connectivity index (χ1v) is 13.9. The predicted octanol–water partition coefficient (Wildman–Crippen LogP) is 5.61. The second-order valence-electron chi connectivity index (χ2n) is 11.0. The molecule has 0 aliphatic carbocycles. The number of likely N-dealkylation sites (tertiary alicyclic amines) is 1. The summed E-state index contributed by atoms with van der Waals surface area (Å²) in [4.78, 5) is 17.5. The number of nitrogens with zero attached hydrogens (tertiary/aromatic N) is 4. The molecule has 0 saturated carbocycles. The first-order valence-electron chi connectivity index (χ1n) is 13.9. The van der Waals surface area contributed by atoms with E-state index < -0.39 is 11.6 Å². The zero-order chi connectivity index (χ0) is 27.1. The molecule has 3 saturated heterocycles. The summed E-state index contributed by atoms with van der Waals surface area (Å²) in [5.74, 6) is 0.115. The van der Waals surface area contributed by atoms with Crippen LogP contribution >= 0.6 is 0 Å². The Balaban J connectivity index is 0.00000135. The SMILES string of the molecule is CF.CN1CCCC1CCc1nc(N2CC3CCC(C2)N3)c2cc(F)c(-c3c[nH]c4ccccc34)c(F)c2n1. The molecular weight excluding hydrogens is 501 g/mol. The number of piperazine rings is 1. The van der Waals surface area contributed by atoms with Crippen LogP contribution in [0.15, 0.2) is 36.5 Å². The van der Waals surface area contributed by atoms with Crippen molar-refractivity contribution in [2.45, 2.75) is 56.7 Å². The van der Waals surface area contributed by atoms with Crippen molar-refractivity contribution in [3.63, 3.8) is 0 Å². The minimum atomic E-state index is -0.610.